The fourth-order valence-electron chi connectivity index (χ4n) is 2.74. The maximum atomic E-state index is 14.4. The van der Waals surface area contributed by atoms with Crippen LogP contribution in [-0.4, -0.2) is 0 Å². The highest BCUT2D eigenvalue weighted by molar-refractivity contribution is 5.68. The minimum Gasteiger partial charge on any atom is -0.489 e. The summed E-state index contributed by atoms with van der Waals surface area (Å²) in [5, 5.41) is 0. The lowest BCUT2D eigenvalue weighted by Crippen LogP contribution is -2.01. The number of hydrogen-bond acceptors (Lipinski definition) is 1. The van der Waals surface area contributed by atoms with E-state index in [0.29, 0.717) is 23.3 Å². The Morgan fingerprint density at radius 3 is 1.93 bits per heavy atom. The van der Waals surface area contributed by atoms with Crippen LogP contribution in [-0.2, 0) is 6.61 Å². The van der Waals surface area contributed by atoms with Crippen LogP contribution in [0.4, 0.5) is 26.3 Å². The molecule has 3 aromatic carbocycles. The topological polar surface area (TPSA) is 9.23 Å². The molecule has 0 bridgehead atoms. The van der Waals surface area contributed by atoms with Crippen LogP contribution >= 0.6 is 0 Å². The van der Waals surface area contributed by atoms with Crippen molar-refractivity contribution in [2.24, 2.45) is 0 Å². The van der Waals surface area contributed by atoms with Gasteiger partial charge in [-0.25, -0.2) is 26.3 Å². The molecule has 3 aromatic rings. The first-order valence-corrected chi connectivity index (χ1v) is 9.01. The molecule has 30 heavy (non-hydrogen) atoms. The first-order valence-electron chi connectivity index (χ1n) is 9.01. The van der Waals surface area contributed by atoms with Gasteiger partial charge in [0.15, 0.2) is 23.3 Å². The third kappa shape index (κ3) is 4.67. The molecule has 0 saturated heterocycles. The Labute approximate surface area is 169 Å². The van der Waals surface area contributed by atoms with Crippen molar-refractivity contribution in [1.29, 1.82) is 0 Å². The maximum absolute atomic E-state index is 14.4. The van der Waals surface area contributed by atoms with Crippen molar-refractivity contribution in [1.82, 2.24) is 0 Å². The molecule has 0 radical (unpaired) electrons. The average Bonchev–Trinajstić information content (AvgIpc) is 2.75. The standard InChI is InChI=1S/C23H16F6O/c1-2-18(24)22(28)14-5-3-13(4-6-14)15-7-8-16(19(25)9-15)12-30-17-10-20(26)23(29)21(27)11-17/h3-11H,2,12H2,1H3/b22-18+. The molecule has 0 atom stereocenters. The predicted octanol–water partition coefficient (Wildman–Crippen LogP) is 7.51. The van der Waals surface area contributed by atoms with Crippen molar-refractivity contribution >= 4 is 5.83 Å². The summed E-state index contributed by atoms with van der Waals surface area (Å²) in [6.45, 7) is 1.17. The summed E-state index contributed by atoms with van der Waals surface area (Å²) in [5.74, 6) is -7.13. The van der Waals surface area contributed by atoms with E-state index in [4.69, 9.17) is 4.74 Å². The van der Waals surface area contributed by atoms with E-state index >= 15 is 0 Å². The first-order chi connectivity index (χ1) is 14.3. The van der Waals surface area contributed by atoms with Gasteiger partial charge in [-0.05, 0) is 23.6 Å². The molecule has 1 nitrogen and oxygen atoms in total. The van der Waals surface area contributed by atoms with Crippen molar-refractivity contribution in [2.45, 2.75) is 20.0 Å². The van der Waals surface area contributed by atoms with Gasteiger partial charge in [-0.3, -0.25) is 0 Å². The minimum atomic E-state index is -1.61. The molecule has 0 N–H and O–H groups in total. The summed E-state index contributed by atoms with van der Waals surface area (Å²) in [4.78, 5) is 0. The molecule has 3 rings (SSSR count). The van der Waals surface area contributed by atoms with Crippen LogP contribution in [0.3, 0.4) is 0 Å². The predicted molar refractivity (Wildman–Crippen MR) is 102 cm³/mol. The number of halogens is 6. The van der Waals surface area contributed by atoms with E-state index in [-0.39, 0.29) is 29.9 Å². The molecule has 0 aromatic heterocycles. The second-order valence-electron chi connectivity index (χ2n) is 6.45. The molecule has 0 aliphatic carbocycles. The van der Waals surface area contributed by atoms with Gasteiger partial charge in [0.2, 0.25) is 0 Å². The Hall–Kier alpha value is -3.22. The Kier molecular flexibility index (Phi) is 6.50. The van der Waals surface area contributed by atoms with Crippen LogP contribution in [0.2, 0.25) is 0 Å². The van der Waals surface area contributed by atoms with Crippen molar-refractivity contribution < 1.29 is 31.1 Å². The molecule has 0 fully saturated rings. The van der Waals surface area contributed by atoms with Crippen LogP contribution in [0, 0.1) is 23.3 Å². The van der Waals surface area contributed by atoms with Crippen LogP contribution in [0.15, 0.2) is 60.4 Å². The summed E-state index contributed by atoms with van der Waals surface area (Å²) in [6, 6.07) is 11.4. The van der Waals surface area contributed by atoms with Crippen LogP contribution in [0.25, 0.3) is 17.0 Å². The molecule has 0 aliphatic heterocycles. The number of allylic oxidation sites excluding steroid dienone is 1. The largest absolute Gasteiger partial charge is 0.489 e. The number of rotatable bonds is 6. The lowest BCUT2D eigenvalue weighted by atomic mass is 10.0. The van der Waals surface area contributed by atoms with Gasteiger partial charge in [-0.1, -0.05) is 43.3 Å². The summed E-state index contributed by atoms with van der Waals surface area (Å²) in [5.41, 5.74) is 1.27. The molecule has 0 unspecified atom stereocenters. The molecule has 0 heterocycles. The van der Waals surface area contributed by atoms with Gasteiger partial charge in [0, 0.05) is 23.3 Å². The zero-order valence-corrected chi connectivity index (χ0v) is 15.8. The smallest absolute Gasteiger partial charge is 0.194 e. The second-order valence-corrected chi connectivity index (χ2v) is 6.45. The third-order valence-corrected chi connectivity index (χ3v) is 4.42. The normalized spacial score (nSPS) is 12.0. The summed E-state index contributed by atoms with van der Waals surface area (Å²) >= 11 is 0. The van der Waals surface area contributed by atoms with Crippen molar-refractivity contribution in [3.8, 4) is 16.9 Å². The van der Waals surface area contributed by atoms with Crippen LogP contribution < -0.4 is 4.74 Å². The highest BCUT2D eigenvalue weighted by Crippen LogP contribution is 2.28. The van der Waals surface area contributed by atoms with E-state index in [1.165, 1.54) is 43.3 Å². The summed E-state index contributed by atoms with van der Waals surface area (Å²) in [6.07, 6.45) is -0.0560. The van der Waals surface area contributed by atoms with Gasteiger partial charge < -0.3 is 4.74 Å². The zero-order valence-electron chi connectivity index (χ0n) is 15.8. The van der Waals surface area contributed by atoms with Crippen molar-refractivity contribution in [3.63, 3.8) is 0 Å². The quantitative estimate of drug-likeness (QED) is 0.295. The van der Waals surface area contributed by atoms with Gasteiger partial charge in [0.05, 0.1) is 0 Å². The zero-order chi connectivity index (χ0) is 21.8. The van der Waals surface area contributed by atoms with E-state index in [0.717, 1.165) is 0 Å². The fourth-order valence-corrected chi connectivity index (χ4v) is 2.74. The Bertz CT molecular complexity index is 1070. The fraction of sp³-hybridized carbons (Fsp3) is 0.130. The van der Waals surface area contributed by atoms with Crippen molar-refractivity contribution in [3.05, 3.63) is 94.8 Å². The molecule has 0 amide bonds. The molecular formula is C23H16F6O. The second kappa shape index (κ2) is 9.07. The summed E-state index contributed by atoms with van der Waals surface area (Å²) < 4.78 is 86.2. The van der Waals surface area contributed by atoms with E-state index < -0.39 is 34.9 Å². The van der Waals surface area contributed by atoms with Crippen LogP contribution in [0.5, 0.6) is 5.75 Å². The van der Waals surface area contributed by atoms with Gasteiger partial charge >= 0.3 is 0 Å². The number of benzene rings is 3. The first kappa shape index (κ1) is 21.5. The van der Waals surface area contributed by atoms with E-state index in [2.05, 4.69) is 0 Å². The van der Waals surface area contributed by atoms with Gasteiger partial charge in [0.25, 0.3) is 0 Å². The molecule has 156 valence electrons. The van der Waals surface area contributed by atoms with Crippen molar-refractivity contribution in [2.75, 3.05) is 0 Å². The highest BCUT2D eigenvalue weighted by atomic mass is 19.2. The highest BCUT2D eigenvalue weighted by Gasteiger charge is 2.13. The molecule has 0 saturated carbocycles. The molecule has 7 heteroatoms. The average molecular weight is 422 g/mol. The molecule has 0 spiro atoms. The molecule has 0 aliphatic rings. The maximum Gasteiger partial charge on any atom is 0.194 e. The lowest BCUT2D eigenvalue weighted by molar-refractivity contribution is 0.294. The number of ether oxygens (including phenoxy) is 1. The van der Waals surface area contributed by atoms with Gasteiger partial charge in [0.1, 0.15) is 24.0 Å². The Morgan fingerprint density at radius 2 is 1.37 bits per heavy atom. The lowest BCUT2D eigenvalue weighted by Gasteiger charge is -2.10. The van der Waals surface area contributed by atoms with E-state index in [1.54, 1.807) is 6.07 Å². The summed E-state index contributed by atoms with van der Waals surface area (Å²) in [7, 11) is 0. The monoisotopic (exact) mass is 422 g/mol. The Morgan fingerprint density at radius 1 is 0.767 bits per heavy atom. The minimum absolute atomic E-state index is 0.0560. The van der Waals surface area contributed by atoms with Gasteiger partial charge in [-0.15, -0.1) is 0 Å². The van der Waals surface area contributed by atoms with E-state index in [1.807, 2.05) is 0 Å². The van der Waals surface area contributed by atoms with Gasteiger partial charge in [-0.2, -0.15) is 0 Å². The van der Waals surface area contributed by atoms with E-state index in [9.17, 15) is 26.3 Å². The third-order valence-electron chi connectivity index (χ3n) is 4.42. The van der Waals surface area contributed by atoms with Crippen LogP contribution in [0.1, 0.15) is 24.5 Å². The number of hydrogen-bond donors (Lipinski definition) is 0. The molecular weight excluding hydrogens is 406 g/mol. The Balaban J connectivity index is 1.75. The SMILES string of the molecule is CC/C(F)=C(\F)c1ccc(-c2ccc(COc3cc(F)c(F)c(F)c3)c(F)c2)cc1.